The SMILES string of the molecule is Cc1ccc(CNS(=O)(=O)c2ccc3c(c2)[C@@H](C(C)C)C(=O)N3)cc1. The van der Waals surface area contributed by atoms with Gasteiger partial charge in [0.1, 0.15) is 0 Å². The molecule has 0 radical (unpaired) electrons. The molecule has 3 rings (SSSR count). The third-order valence-electron chi connectivity index (χ3n) is 4.46. The van der Waals surface area contributed by atoms with E-state index < -0.39 is 10.0 Å². The fourth-order valence-corrected chi connectivity index (χ4v) is 4.11. The van der Waals surface area contributed by atoms with Crippen molar-refractivity contribution in [2.24, 2.45) is 5.92 Å². The molecule has 2 aromatic carbocycles. The van der Waals surface area contributed by atoms with E-state index in [0.717, 1.165) is 16.7 Å². The predicted octanol–water partition coefficient (Wildman–Crippen LogP) is 3.17. The summed E-state index contributed by atoms with van der Waals surface area (Å²) in [6.45, 7) is 6.12. The first-order valence-electron chi connectivity index (χ1n) is 8.28. The van der Waals surface area contributed by atoms with Gasteiger partial charge in [-0.25, -0.2) is 13.1 Å². The second kappa shape index (κ2) is 6.61. The molecule has 1 atom stereocenters. The predicted molar refractivity (Wildman–Crippen MR) is 97.9 cm³/mol. The van der Waals surface area contributed by atoms with Gasteiger partial charge in [-0.1, -0.05) is 43.7 Å². The van der Waals surface area contributed by atoms with Crippen molar-refractivity contribution in [2.45, 2.75) is 38.1 Å². The summed E-state index contributed by atoms with van der Waals surface area (Å²) in [5, 5.41) is 2.82. The molecule has 1 aliphatic heterocycles. The molecule has 0 saturated heterocycles. The van der Waals surface area contributed by atoms with Gasteiger partial charge in [-0.05, 0) is 42.2 Å². The lowest BCUT2D eigenvalue weighted by molar-refractivity contribution is -0.117. The van der Waals surface area contributed by atoms with Gasteiger partial charge in [0.2, 0.25) is 15.9 Å². The molecule has 0 bridgehead atoms. The minimum atomic E-state index is -3.65. The molecule has 0 fully saturated rings. The van der Waals surface area contributed by atoms with Crippen molar-refractivity contribution in [3.63, 3.8) is 0 Å². The van der Waals surface area contributed by atoms with Crippen molar-refractivity contribution in [3.8, 4) is 0 Å². The van der Waals surface area contributed by atoms with Crippen LogP contribution in [-0.4, -0.2) is 14.3 Å². The number of hydrogen-bond donors (Lipinski definition) is 2. The van der Waals surface area contributed by atoms with Crippen LogP contribution in [0.25, 0.3) is 0 Å². The third kappa shape index (κ3) is 3.60. The van der Waals surface area contributed by atoms with Gasteiger partial charge in [0.15, 0.2) is 0 Å². The Hall–Kier alpha value is -2.18. The Balaban J connectivity index is 1.84. The number of carbonyl (C=O) groups is 1. The van der Waals surface area contributed by atoms with Gasteiger partial charge in [-0.3, -0.25) is 4.79 Å². The largest absolute Gasteiger partial charge is 0.325 e. The Morgan fingerprint density at radius 1 is 1.12 bits per heavy atom. The molecular formula is C19H22N2O3S. The first-order valence-corrected chi connectivity index (χ1v) is 9.76. The fourth-order valence-electron chi connectivity index (χ4n) is 3.06. The van der Waals surface area contributed by atoms with Crippen LogP contribution in [0.15, 0.2) is 47.4 Å². The van der Waals surface area contributed by atoms with Gasteiger partial charge in [0.25, 0.3) is 0 Å². The van der Waals surface area contributed by atoms with Gasteiger partial charge in [-0.2, -0.15) is 0 Å². The normalized spacial score (nSPS) is 16.8. The molecule has 1 amide bonds. The van der Waals surface area contributed by atoms with Gasteiger partial charge < -0.3 is 5.32 Å². The van der Waals surface area contributed by atoms with Crippen molar-refractivity contribution in [1.82, 2.24) is 4.72 Å². The monoisotopic (exact) mass is 358 g/mol. The number of nitrogens with one attached hydrogen (secondary N) is 2. The summed E-state index contributed by atoms with van der Waals surface area (Å²) in [5.41, 5.74) is 3.47. The second-order valence-corrected chi connectivity index (χ2v) is 8.54. The molecule has 0 unspecified atom stereocenters. The third-order valence-corrected chi connectivity index (χ3v) is 5.86. The van der Waals surface area contributed by atoms with Gasteiger partial charge in [0.05, 0.1) is 10.8 Å². The average Bonchev–Trinajstić information content (AvgIpc) is 2.89. The van der Waals surface area contributed by atoms with E-state index in [2.05, 4.69) is 10.0 Å². The summed E-state index contributed by atoms with van der Waals surface area (Å²) >= 11 is 0. The lowest BCUT2D eigenvalue weighted by atomic mass is 9.90. The van der Waals surface area contributed by atoms with Gasteiger partial charge in [-0.15, -0.1) is 0 Å². The van der Waals surface area contributed by atoms with E-state index in [9.17, 15) is 13.2 Å². The maximum Gasteiger partial charge on any atom is 0.240 e. The lowest BCUT2D eigenvalue weighted by Crippen LogP contribution is -2.23. The standard InChI is InChI=1S/C19H22N2O3S/c1-12(2)18-16-10-15(8-9-17(16)21-19(18)22)25(23,24)20-11-14-6-4-13(3)5-7-14/h4-10,12,18,20H,11H2,1-3H3,(H,21,22)/t18-/m1/s1. The molecule has 0 aromatic heterocycles. The van der Waals surface area contributed by atoms with Crippen LogP contribution < -0.4 is 10.0 Å². The lowest BCUT2D eigenvalue weighted by Gasteiger charge is -2.14. The average molecular weight is 358 g/mol. The van der Waals surface area contributed by atoms with Crippen LogP contribution in [0, 0.1) is 12.8 Å². The van der Waals surface area contributed by atoms with Gasteiger partial charge in [0, 0.05) is 12.2 Å². The number of benzene rings is 2. The first-order chi connectivity index (χ1) is 11.8. The highest BCUT2D eigenvalue weighted by Gasteiger charge is 2.33. The van der Waals surface area contributed by atoms with E-state index in [1.54, 1.807) is 12.1 Å². The maximum atomic E-state index is 12.6. The zero-order chi connectivity index (χ0) is 18.2. The van der Waals surface area contributed by atoms with Crippen LogP contribution in [0.3, 0.4) is 0 Å². The Bertz CT molecular complexity index is 903. The van der Waals surface area contributed by atoms with Crippen LogP contribution in [0.2, 0.25) is 0 Å². The minimum absolute atomic E-state index is 0.0767. The van der Waals surface area contributed by atoms with E-state index in [-0.39, 0.29) is 29.2 Å². The molecule has 5 nitrogen and oxygen atoms in total. The summed E-state index contributed by atoms with van der Waals surface area (Å²) in [4.78, 5) is 12.3. The van der Waals surface area contributed by atoms with E-state index in [0.29, 0.717) is 5.69 Å². The van der Waals surface area contributed by atoms with Crippen LogP contribution in [-0.2, 0) is 21.4 Å². The molecule has 0 spiro atoms. The van der Waals surface area contributed by atoms with E-state index in [1.807, 2.05) is 45.0 Å². The molecule has 25 heavy (non-hydrogen) atoms. The molecule has 132 valence electrons. The first kappa shape index (κ1) is 17.6. The number of hydrogen-bond acceptors (Lipinski definition) is 3. The molecule has 1 heterocycles. The highest BCUT2D eigenvalue weighted by molar-refractivity contribution is 7.89. The fraction of sp³-hybridized carbons (Fsp3) is 0.316. The number of anilines is 1. The van der Waals surface area contributed by atoms with Crippen LogP contribution >= 0.6 is 0 Å². The number of sulfonamides is 1. The molecule has 0 saturated carbocycles. The van der Waals surface area contributed by atoms with E-state index in [1.165, 1.54) is 6.07 Å². The number of carbonyl (C=O) groups excluding carboxylic acids is 1. The van der Waals surface area contributed by atoms with Crippen molar-refractivity contribution in [2.75, 3.05) is 5.32 Å². The molecule has 2 N–H and O–H groups in total. The summed E-state index contributed by atoms with van der Waals surface area (Å²) in [6, 6.07) is 12.5. The quantitative estimate of drug-likeness (QED) is 0.862. The molecular weight excluding hydrogens is 336 g/mol. The van der Waals surface area contributed by atoms with Gasteiger partial charge >= 0.3 is 0 Å². The maximum absolute atomic E-state index is 12.6. The summed E-state index contributed by atoms with van der Waals surface area (Å²) in [5.74, 6) is -0.297. The Morgan fingerprint density at radius 2 is 1.80 bits per heavy atom. The number of aryl methyl sites for hydroxylation is 1. The van der Waals surface area contributed by atoms with E-state index in [4.69, 9.17) is 0 Å². The number of rotatable bonds is 5. The van der Waals surface area contributed by atoms with Crippen molar-refractivity contribution in [3.05, 3.63) is 59.2 Å². The second-order valence-electron chi connectivity index (χ2n) is 6.77. The zero-order valence-corrected chi connectivity index (χ0v) is 15.4. The molecule has 2 aromatic rings. The minimum Gasteiger partial charge on any atom is -0.325 e. The summed E-state index contributed by atoms with van der Waals surface area (Å²) in [6.07, 6.45) is 0. The number of fused-ring (bicyclic) bond motifs is 1. The highest BCUT2D eigenvalue weighted by atomic mass is 32.2. The highest BCUT2D eigenvalue weighted by Crippen LogP contribution is 2.38. The molecule has 6 heteroatoms. The Kier molecular flexibility index (Phi) is 4.67. The summed E-state index contributed by atoms with van der Waals surface area (Å²) < 4.78 is 27.9. The number of amides is 1. The molecule has 1 aliphatic rings. The van der Waals surface area contributed by atoms with E-state index >= 15 is 0 Å². The van der Waals surface area contributed by atoms with Crippen molar-refractivity contribution < 1.29 is 13.2 Å². The van der Waals surface area contributed by atoms with Crippen molar-refractivity contribution >= 4 is 21.6 Å². The molecule has 0 aliphatic carbocycles. The van der Waals surface area contributed by atoms with Crippen molar-refractivity contribution in [1.29, 1.82) is 0 Å². The van der Waals surface area contributed by atoms with Crippen LogP contribution in [0.5, 0.6) is 0 Å². The Labute approximate surface area is 148 Å². The Morgan fingerprint density at radius 3 is 2.44 bits per heavy atom. The van der Waals surface area contributed by atoms with Crippen LogP contribution in [0.1, 0.15) is 36.5 Å². The topological polar surface area (TPSA) is 75.3 Å². The zero-order valence-electron chi connectivity index (χ0n) is 14.5. The summed E-state index contributed by atoms with van der Waals surface area (Å²) in [7, 11) is -3.65. The smallest absolute Gasteiger partial charge is 0.240 e. The van der Waals surface area contributed by atoms with Crippen LogP contribution in [0.4, 0.5) is 5.69 Å².